The van der Waals surface area contributed by atoms with Crippen LogP contribution in [-0.4, -0.2) is 43.2 Å². The molecule has 0 saturated carbocycles. The summed E-state index contributed by atoms with van der Waals surface area (Å²) in [5.41, 5.74) is 2.13. The van der Waals surface area contributed by atoms with E-state index >= 15 is 0 Å². The number of allylic oxidation sites excluding steroid dienone is 3. The molecule has 2 aliphatic rings. The van der Waals surface area contributed by atoms with Crippen LogP contribution in [0.25, 0.3) is 0 Å². The van der Waals surface area contributed by atoms with Gasteiger partial charge in [-0.3, -0.25) is 9.59 Å². The number of hydrogen-bond donors (Lipinski definition) is 2. The Balaban J connectivity index is 2.25. The van der Waals surface area contributed by atoms with Crippen LogP contribution in [0.5, 0.6) is 11.5 Å². The van der Waals surface area contributed by atoms with Crippen molar-refractivity contribution < 1.29 is 33.7 Å². The van der Waals surface area contributed by atoms with Crippen molar-refractivity contribution in [2.75, 3.05) is 14.2 Å². The maximum Gasteiger partial charge on any atom is 0.337 e. The van der Waals surface area contributed by atoms with Crippen molar-refractivity contribution >= 4 is 29.3 Å². The number of benzene rings is 1. The number of ketones is 1. The SMILES string of the molecule is CC[C@@H](C)OC(=O)C1=C(C)NC2=C(C(=O)[C@H](C(=O)OC)[C@H](C)C2)[C@@H]1c1cc(Cl)c(O)c(OC)c1. The average molecular weight is 492 g/mol. The number of halogens is 1. The van der Waals surface area contributed by atoms with E-state index in [1.54, 1.807) is 13.8 Å². The summed E-state index contributed by atoms with van der Waals surface area (Å²) in [7, 11) is 2.62. The summed E-state index contributed by atoms with van der Waals surface area (Å²) in [5, 5.41) is 13.5. The van der Waals surface area contributed by atoms with Crippen LogP contribution in [0.1, 0.15) is 52.0 Å². The Hall–Kier alpha value is -3.00. The van der Waals surface area contributed by atoms with Crippen molar-refractivity contribution in [3.8, 4) is 11.5 Å². The number of Topliss-reactive ketones (excluding diaryl/α,β-unsaturated/α-hetero) is 1. The molecule has 4 atom stereocenters. The number of hydrogen-bond acceptors (Lipinski definition) is 8. The van der Waals surface area contributed by atoms with E-state index in [1.165, 1.54) is 26.4 Å². The Morgan fingerprint density at radius 2 is 1.97 bits per heavy atom. The van der Waals surface area contributed by atoms with Gasteiger partial charge in [-0.2, -0.15) is 0 Å². The fourth-order valence-corrected chi connectivity index (χ4v) is 4.75. The first-order valence-corrected chi connectivity index (χ1v) is 11.5. The number of carbonyl (C=O) groups excluding carboxylic acids is 3. The number of ether oxygens (including phenoxy) is 3. The van der Waals surface area contributed by atoms with Crippen LogP contribution in [0.4, 0.5) is 0 Å². The lowest BCUT2D eigenvalue weighted by atomic mass is 9.69. The molecule has 0 amide bonds. The van der Waals surface area contributed by atoms with E-state index in [-0.39, 0.29) is 39.7 Å². The van der Waals surface area contributed by atoms with Crippen molar-refractivity contribution in [1.29, 1.82) is 0 Å². The normalized spacial score (nSPS) is 23.1. The van der Waals surface area contributed by atoms with Gasteiger partial charge in [0.15, 0.2) is 17.3 Å². The summed E-state index contributed by atoms with van der Waals surface area (Å²) in [4.78, 5) is 39.6. The van der Waals surface area contributed by atoms with E-state index in [4.69, 9.17) is 25.8 Å². The Kier molecular flexibility index (Phi) is 7.60. The van der Waals surface area contributed by atoms with Gasteiger partial charge in [0.2, 0.25) is 0 Å². The minimum Gasteiger partial charge on any atom is -0.503 e. The molecule has 3 rings (SSSR count). The quantitative estimate of drug-likeness (QED) is 0.453. The Morgan fingerprint density at radius 1 is 1.29 bits per heavy atom. The topological polar surface area (TPSA) is 111 Å². The van der Waals surface area contributed by atoms with Crippen LogP contribution in [0.15, 0.2) is 34.7 Å². The highest BCUT2D eigenvalue weighted by atomic mass is 35.5. The average Bonchev–Trinajstić information content (AvgIpc) is 2.79. The molecule has 0 saturated heterocycles. The van der Waals surface area contributed by atoms with Gasteiger partial charge in [-0.1, -0.05) is 25.4 Å². The molecule has 1 aromatic rings. The third kappa shape index (κ3) is 4.51. The van der Waals surface area contributed by atoms with Gasteiger partial charge in [0, 0.05) is 22.9 Å². The summed E-state index contributed by atoms with van der Waals surface area (Å²) >= 11 is 6.27. The fourth-order valence-electron chi connectivity index (χ4n) is 4.53. The van der Waals surface area contributed by atoms with Crippen molar-refractivity contribution in [3.05, 3.63) is 45.3 Å². The molecule has 1 aromatic carbocycles. The second kappa shape index (κ2) is 10.1. The number of methoxy groups -OCH3 is 2. The van der Waals surface area contributed by atoms with Crippen molar-refractivity contribution in [2.45, 2.75) is 52.6 Å². The smallest absolute Gasteiger partial charge is 0.337 e. The van der Waals surface area contributed by atoms with Gasteiger partial charge in [-0.15, -0.1) is 0 Å². The molecule has 34 heavy (non-hydrogen) atoms. The highest BCUT2D eigenvalue weighted by Gasteiger charge is 2.47. The molecule has 0 unspecified atom stereocenters. The van der Waals surface area contributed by atoms with Gasteiger partial charge in [0.1, 0.15) is 5.92 Å². The first-order valence-electron chi connectivity index (χ1n) is 11.2. The van der Waals surface area contributed by atoms with E-state index in [0.29, 0.717) is 29.8 Å². The Bertz CT molecular complexity index is 1090. The predicted molar refractivity (Wildman–Crippen MR) is 125 cm³/mol. The fraction of sp³-hybridized carbons (Fsp3) is 0.480. The molecular formula is C25H30ClNO7. The van der Waals surface area contributed by atoms with Crippen molar-refractivity contribution in [1.82, 2.24) is 5.32 Å². The summed E-state index contributed by atoms with van der Waals surface area (Å²) < 4.78 is 15.8. The van der Waals surface area contributed by atoms with Gasteiger partial charge in [-0.05, 0) is 50.3 Å². The van der Waals surface area contributed by atoms with Crippen LogP contribution >= 0.6 is 11.6 Å². The largest absolute Gasteiger partial charge is 0.503 e. The lowest BCUT2D eigenvalue weighted by Gasteiger charge is -2.38. The van der Waals surface area contributed by atoms with Crippen LogP contribution in [0, 0.1) is 11.8 Å². The van der Waals surface area contributed by atoms with Gasteiger partial charge < -0.3 is 24.6 Å². The molecule has 0 spiro atoms. The van der Waals surface area contributed by atoms with E-state index in [9.17, 15) is 19.5 Å². The molecule has 9 heteroatoms. The molecule has 0 radical (unpaired) electrons. The number of phenols is 1. The maximum atomic E-state index is 13.7. The van der Waals surface area contributed by atoms with Gasteiger partial charge >= 0.3 is 11.9 Å². The maximum absolute atomic E-state index is 13.7. The highest BCUT2D eigenvalue weighted by Crippen LogP contribution is 2.48. The highest BCUT2D eigenvalue weighted by molar-refractivity contribution is 6.32. The second-order valence-electron chi connectivity index (χ2n) is 8.71. The summed E-state index contributed by atoms with van der Waals surface area (Å²) in [5.74, 6) is -3.99. The summed E-state index contributed by atoms with van der Waals surface area (Å²) in [6.07, 6.45) is 0.682. The molecule has 8 nitrogen and oxygen atoms in total. The zero-order valence-electron chi connectivity index (χ0n) is 20.2. The lowest BCUT2D eigenvalue weighted by molar-refractivity contribution is -0.151. The molecular weight excluding hydrogens is 462 g/mol. The second-order valence-corrected chi connectivity index (χ2v) is 9.12. The van der Waals surface area contributed by atoms with Gasteiger partial charge in [-0.25, -0.2) is 4.79 Å². The number of esters is 2. The number of carbonyl (C=O) groups is 3. The Labute approximate surface area is 203 Å². The van der Waals surface area contributed by atoms with Crippen LogP contribution in [0.3, 0.4) is 0 Å². The standard InChI is InChI=1S/C25H30ClNO7/c1-7-12(3)34-25(31)19-13(4)27-16-8-11(2)18(24(30)33-6)23(29)21(16)20(19)14-9-15(26)22(28)17(10-14)32-5/h9-12,18,20,27-28H,7-8H2,1-6H3/t11-,12-,18-,20-/m1/s1. The molecule has 0 fully saturated rings. The molecule has 0 bridgehead atoms. The van der Waals surface area contributed by atoms with Crippen molar-refractivity contribution in [3.63, 3.8) is 0 Å². The molecule has 0 aromatic heterocycles. The Morgan fingerprint density at radius 3 is 2.56 bits per heavy atom. The zero-order valence-corrected chi connectivity index (χ0v) is 20.9. The van der Waals surface area contributed by atoms with E-state index < -0.39 is 29.6 Å². The predicted octanol–water partition coefficient (Wildman–Crippen LogP) is 4.01. The van der Waals surface area contributed by atoms with Gasteiger partial charge in [0.25, 0.3) is 0 Å². The molecule has 2 N–H and O–H groups in total. The molecule has 1 heterocycles. The van der Waals surface area contributed by atoms with Crippen LogP contribution in [0.2, 0.25) is 5.02 Å². The summed E-state index contributed by atoms with van der Waals surface area (Å²) in [6.45, 7) is 7.23. The summed E-state index contributed by atoms with van der Waals surface area (Å²) in [6, 6.07) is 3.02. The van der Waals surface area contributed by atoms with Gasteiger partial charge in [0.05, 0.1) is 30.9 Å². The monoisotopic (exact) mass is 491 g/mol. The van der Waals surface area contributed by atoms with Crippen molar-refractivity contribution in [2.24, 2.45) is 11.8 Å². The first-order chi connectivity index (χ1) is 16.0. The van der Waals surface area contributed by atoms with Crippen LogP contribution < -0.4 is 10.1 Å². The lowest BCUT2D eigenvalue weighted by Crippen LogP contribution is -2.43. The first kappa shape index (κ1) is 25.6. The van der Waals surface area contributed by atoms with E-state index in [2.05, 4.69) is 5.32 Å². The minimum atomic E-state index is -1.01. The number of dihydropyridines is 1. The molecule has 1 aliphatic heterocycles. The molecule has 1 aliphatic carbocycles. The third-order valence-electron chi connectivity index (χ3n) is 6.45. The number of nitrogens with one attached hydrogen (secondary N) is 1. The minimum absolute atomic E-state index is 0.00322. The number of aromatic hydroxyl groups is 1. The van der Waals surface area contributed by atoms with Crippen LogP contribution in [-0.2, 0) is 23.9 Å². The third-order valence-corrected chi connectivity index (χ3v) is 6.74. The van der Waals surface area contributed by atoms with E-state index in [0.717, 1.165) is 0 Å². The molecule has 184 valence electrons. The van der Waals surface area contributed by atoms with E-state index in [1.807, 2.05) is 13.8 Å². The number of phenolic OH excluding ortho intramolecular Hbond substituents is 1. The zero-order chi connectivity index (χ0) is 25.3. The number of rotatable bonds is 6.